The molecule has 1 unspecified atom stereocenters. The Morgan fingerprint density at radius 2 is 1.89 bits per heavy atom. The van der Waals surface area contributed by atoms with Crippen LogP contribution in [0.4, 0.5) is 4.79 Å². The summed E-state index contributed by atoms with van der Waals surface area (Å²) in [6.07, 6.45) is 0.491. The van der Waals surface area contributed by atoms with Crippen molar-refractivity contribution in [2.24, 2.45) is 0 Å². The summed E-state index contributed by atoms with van der Waals surface area (Å²) < 4.78 is 33.6. The number of nitrogens with one attached hydrogen (secondary N) is 2. The lowest BCUT2D eigenvalue weighted by Crippen LogP contribution is -2.45. The molecule has 1 atom stereocenters. The lowest BCUT2D eigenvalue weighted by molar-refractivity contribution is 0.0680. The maximum Gasteiger partial charge on any atom is 0.329 e. The topological polar surface area (TPSA) is 84.5 Å². The molecular formula is C18H18BrClN2O4S. The fourth-order valence-electron chi connectivity index (χ4n) is 2.94. The second-order valence-corrected chi connectivity index (χ2v) is 9.87. The highest BCUT2D eigenvalue weighted by Crippen LogP contribution is 2.40. The predicted molar refractivity (Wildman–Crippen MR) is 107 cm³/mol. The zero-order chi connectivity index (χ0) is 19.8. The first-order valence-electron chi connectivity index (χ1n) is 8.13. The van der Waals surface area contributed by atoms with Gasteiger partial charge >= 0.3 is 6.03 Å². The number of benzene rings is 2. The minimum absolute atomic E-state index is 0.0440. The van der Waals surface area contributed by atoms with Crippen molar-refractivity contribution in [3.8, 4) is 5.75 Å². The molecule has 144 valence electrons. The second kappa shape index (κ2) is 7.33. The van der Waals surface area contributed by atoms with Gasteiger partial charge in [0.2, 0.25) is 0 Å². The highest BCUT2D eigenvalue weighted by molar-refractivity contribution is 9.10. The van der Waals surface area contributed by atoms with E-state index in [0.29, 0.717) is 17.2 Å². The van der Waals surface area contributed by atoms with Gasteiger partial charge in [-0.1, -0.05) is 27.5 Å². The minimum atomic E-state index is -4.00. The van der Waals surface area contributed by atoms with E-state index in [9.17, 15) is 13.2 Å². The van der Waals surface area contributed by atoms with Crippen LogP contribution in [0.5, 0.6) is 5.75 Å². The molecule has 2 aromatic rings. The average Bonchev–Trinajstić information content (AvgIpc) is 2.54. The second-order valence-electron chi connectivity index (χ2n) is 6.83. The molecule has 0 radical (unpaired) electrons. The third-order valence-corrected chi connectivity index (χ3v) is 6.18. The summed E-state index contributed by atoms with van der Waals surface area (Å²) in [5, 5.41) is 3.15. The molecule has 3 rings (SSSR count). The van der Waals surface area contributed by atoms with Crippen LogP contribution < -0.4 is 14.8 Å². The monoisotopic (exact) mass is 472 g/mol. The number of hydrogen-bond donors (Lipinski definition) is 2. The van der Waals surface area contributed by atoms with Gasteiger partial charge in [0.1, 0.15) is 11.4 Å². The van der Waals surface area contributed by atoms with E-state index < -0.39 is 27.7 Å². The normalized spacial score (nSPS) is 18.1. The number of hydrogen-bond acceptors (Lipinski definition) is 4. The summed E-state index contributed by atoms with van der Waals surface area (Å²) in [7, 11) is -4.00. The number of amides is 2. The van der Waals surface area contributed by atoms with Gasteiger partial charge in [-0.3, -0.25) is 0 Å². The number of halogens is 2. The van der Waals surface area contributed by atoms with Gasteiger partial charge in [-0.25, -0.2) is 17.9 Å². The zero-order valence-electron chi connectivity index (χ0n) is 14.6. The molecular weight excluding hydrogens is 456 g/mol. The number of ether oxygens (including phenoxy) is 1. The number of urea groups is 1. The summed E-state index contributed by atoms with van der Waals surface area (Å²) >= 11 is 9.18. The molecule has 2 N–H and O–H groups in total. The fraction of sp³-hybridized carbons (Fsp3) is 0.278. The van der Waals surface area contributed by atoms with Crippen molar-refractivity contribution >= 4 is 43.6 Å². The molecule has 0 saturated heterocycles. The maximum atomic E-state index is 12.4. The van der Waals surface area contributed by atoms with Gasteiger partial charge in [-0.15, -0.1) is 0 Å². The van der Waals surface area contributed by atoms with Crippen molar-refractivity contribution in [1.82, 2.24) is 10.0 Å². The van der Waals surface area contributed by atoms with Gasteiger partial charge in [0.05, 0.1) is 10.9 Å². The molecule has 1 heterocycles. The Kier molecular flexibility index (Phi) is 5.42. The predicted octanol–water partition coefficient (Wildman–Crippen LogP) is 4.39. The van der Waals surface area contributed by atoms with Gasteiger partial charge in [-0.05, 0) is 56.3 Å². The van der Waals surface area contributed by atoms with Crippen LogP contribution >= 0.6 is 27.5 Å². The Bertz CT molecular complexity index is 977. The lowest BCUT2D eigenvalue weighted by Gasteiger charge is -2.37. The largest absolute Gasteiger partial charge is 0.487 e. The van der Waals surface area contributed by atoms with Crippen LogP contribution in [-0.4, -0.2) is 20.0 Å². The first-order valence-corrected chi connectivity index (χ1v) is 10.8. The Hall–Kier alpha value is -1.77. The average molecular weight is 474 g/mol. The Morgan fingerprint density at radius 1 is 1.22 bits per heavy atom. The number of fused-ring (bicyclic) bond motifs is 1. The van der Waals surface area contributed by atoms with Crippen molar-refractivity contribution in [2.75, 3.05) is 0 Å². The lowest BCUT2D eigenvalue weighted by atomic mass is 9.90. The van der Waals surface area contributed by atoms with Crippen molar-refractivity contribution in [2.45, 2.75) is 36.8 Å². The maximum absolute atomic E-state index is 12.4. The van der Waals surface area contributed by atoms with Crippen molar-refractivity contribution in [3.63, 3.8) is 0 Å². The van der Waals surface area contributed by atoms with E-state index in [2.05, 4.69) is 21.2 Å². The smallest absolute Gasteiger partial charge is 0.329 e. The van der Waals surface area contributed by atoms with Crippen molar-refractivity contribution in [3.05, 3.63) is 57.5 Å². The molecule has 0 aliphatic carbocycles. The van der Waals surface area contributed by atoms with Crippen LogP contribution in [0, 0.1) is 0 Å². The van der Waals surface area contributed by atoms with E-state index in [1.165, 1.54) is 24.3 Å². The molecule has 1 aliphatic heterocycles. The molecule has 9 heteroatoms. The summed E-state index contributed by atoms with van der Waals surface area (Å²) in [6, 6.07) is 9.87. The van der Waals surface area contributed by atoms with E-state index in [4.69, 9.17) is 16.3 Å². The summed E-state index contributed by atoms with van der Waals surface area (Å²) in [4.78, 5) is 12.3. The number of carbonyl (C=O) groups excluding carboxylic acids is 1. The fourth-order valence-corrected chi connectivity index (χ4v) is 4.36. The van der Waals surface area contributed by atoms with Gasteiger partial charge in [0.15, 0.2) is 0 Å². The molecule has 27 heavy (non-hydrogen) atoms. The molecule has 1 aliphatic rings. The standard InChI is InChI=1S/C18H18BrClN2O4S/c1-18(2)10-15(14-9-11(19)3-8-16(14)26-18)21-17(23)22-27(24,25)13-6-4-12(20)5-7-13/h3-9,15H,10H2,1-2H3,(H2,21,22,23). The van der Waals surface area contributed by atoms with E-state index in [0.717, 1.165) is 10.0 Å². The first kappa shape index (κ1) is 20.0. The molecule has 0 spiro atoms. The van der Waals surface area contributed by atoms with Crippen LogP contribution in [0.2, 0.25) is 5.02 Å². The molecule has 2 amide bonds. The van der Waals surface area contributed by atoms with Crippen LogP contribution in [-0.2, 0) is 10.0 Å². The Balaban J connectivity index is 1.79. The summed E-state index contributed by atoms with van der Waals surface area (Å²) in [5.74, 6) is 0.653. The van der Waals surface area contributed by atoms with Crippen LogP contribution in [0.3, 0.4) is 0 Å². The van der Waals surface area contributed by atoms with Crippen molar-refractivity contribution < 1.29 is 17.9 Å². The molecule has 0 bridgehead atoms. The van der Waals surface area contributed by atoms with Crippen molar-refractivity contribution in [1.29, 1.82) is 0 Å². The third kappa shape index (κ3) is 4.75. The van der Waals surface area contributed by atoms with E-state index in [1.807, 2.05) is 36.8 Å². The molecule has 0 saturated carbocycles. The van der Waals surface area contributed by atoms with Gasteiger partial charge < -0.3 is 10.1 Å². The van der Waals surface area contributed by atoms with E-state index in [1.54, 1.807) is 0 Å². The van der Waals surface area contributed by atoms with Crippen LogP contribution in [0.25, 0.3) is 0 Å². The molecule has 0 fully saturated rings. The third-order valence-electron chi connectivity index (χ3n) is 4.09. The van der Waals surface area contributed by atoms with E-state index in [-0.39, 0.29) is 4.90 Å². The molecule has 6 nitrogen and oxygen atoms in total. The van der Waals surface area contributed by atoms with Gasteiger partial charge in [0, 0.05) is 21.5 Å². The van der Waals surface area contributed by atoms with Gasteiger partial charge in [-0.2, -0.15) is 0 Å². The van der Waals surface area contributed by atoms with Crippen LogP contribution in [0.1, 0.15) is 31.9 Å². The number of rotatable bonds is 3. The zero-order valence-corrected chi connectivity index (χ0v) is 17.8. The SMILES string of the molecule is CC1(C)CC(NC(=O)NS(=O)(=O)c2ccc(Cl)cc2)c2cc(Br)ccc2O1. The van der Waals surface area contributed by atoms with Gasteiger partial charge in [0.25, 0.3) is 10.0 Å². The molecule has 0 aromatic heterocycles. The number of sulfonamides is 1. The van der Waals surface area contributed by atoms with E-state index >= 15 is 0 Å². The summed E-state index contributed by atoms with van der Waals surface area (Å²) in [6.45, 7) is 3.82. The number of carbonyl (C=O) groups is 1. The van der Waals surface area contributed by atoms with Crippen LogP contribution in [0.15, 0.2) is 51.8 Å². The minimum Gasteiger partial charge on any atom is -0.487 e. The summed E-state index contributed by atoms with van der Waals surface area (Å²) in [5.41, 5.74) is 0.274. The Morgan fingerprint density at radius 3 is 2.56 bits per heavy atom. The highest BCUT2D eigenvalue weighted by atomic mass is 79.9. The first-order chi connectivity index (χ1) is 12.6. The highest BCUT2D eigenvalue weighted by Gasteiger charge is 2.35. The molecule has 2 aromatic carbocycles. The quantitative estimate of drug-likeness (QED) is 0.692. The Labute approximate surface area is 171 Å².